The molecular formula is C17H22ClNO2S. The van der Waals surface area contributed by atoms with Crippen molar-refractivity contribution in [3.05, 3.63) is 33.6 Å². The van der Waals surface area contributed by atoms with Crippen LogP contribution in [-0.2, 0) is 11.2 Å². The molecule has 0 saturated carbocycles. The predicted molar refractivity (Wildman–Crippen MR) is 93.1 cm³/mol. The van der Waals surface area contributed by atoms with E-state index < -0.39 is 0 Å². The summed E-state index contributed by atoms with van der Waals surface area (Å²) in [5.74, 6) is 0.820. The van der Waals surface area contributed by atoms with Gasteiger partial charge in [-0.3, -0.25) is 0 Å². The molecule has 0 atom stereocenters. The molecule has 0 amide bonds. The first-order valence-electron chi connectivity index (χ1n) is 7.26. The van der Waals surface area contributed by atoms with Gasteiger partial charge in [0.15, 0.2) is 4.47 Å². The first-order valence-corrected chi connectivity index (χ1v) is 8.46. The Morgan fingerprint density at radius 3 is 2.68 bits per heavy atom. The topological polar surface area (TPSA) is 31.4 Å². The number of halogens is 1. The Morgan fingerprint density at radius 2 is 2.00 bits per heavy atom. The van der Waals surface area contributed by atoms with Crippen LogP contribution < -0.4 is 4.74 Å². The highest BCUT2D eigenvalue weighted by atomic mass is 35.5. The van der Waals surface area contributed by atoms with Gasteiger partial charge in [0, 0.05) is 17.6 Å². The largest absolute Gasteiger partial charge is 0.491 e. The van der Waals surface area contributed by atoms with E-state index in [-0.39, 0.29) is 5.41 Å². The van der Waals surface area contributed by atoms with Crippen LogP contribution in [-0.4, -0.2) is 25.3 Å². The SMILES string of the molecule is COCCOc1cccc(-c2nc(Cl)sc2CC(C)(C)C)c1. The lowest BCUT2D eigenvalue weighted by Crippen LogP contribution is -2.08. The first-order chi connectivity index (χ1) is 10.4. The third kappa shape index (κ3) is 4.97. The number of hydrogen-bond acceptors (Lipinski definition) is 4. The van der Waals surface area contributed by atoms with Gasteiger partial charge in [0.25, 0.3) is 0 Å². The predicted octanol–water partition coefficient (Wildman–Crippen LogP) is 5.08. The number of aromatic nitrogens is 1. The number of rotatable bonds is 6. The maximum absolute atomic E-state index is 6.15. The van der Waals surface area contributed by atoms with E-state index in [4.69, 9.17) is 21.1 Å². The van der Waals surface area contributed by atoms with E-state index in [9.17, 15) is 0 Å². The molecular weight excluding hydrogens is 318 g/mol. The third-order valence-electron chi connectivity index (χ3n) is 3.03. The van der Waals surface area contributed by atoms with Gasteiger partial charge < -0.3 is 9.47 Å². The van der Waals surface area contributed by atoms with Crippen molar-refractivity contribution in [2.24, 2.45) is 5.41 Å². The van der Waals surface area contributed by atoms with Gasteiger partial charge in [-0.2, -0.15) is 0 Å². The Labute approximate surface area is 141 Å². The quantitative estimate of drug-likeness (QED) is 0.688. The summed E-state index contributed by atoms with van der Waals surface area (Å²) in [5, 5.41) is 0. The molecule has 0 bridgehead atoms. The zero-order valence-corrected chi connectivity index (χ0v) is 15.1. The highest BCUT2D eigenvalue weighted by Gasteiger charge is 2.19. The minimum Gasteiger partial charge on any atom is -0.491 e. The molecule has 0 aliphatic carbocycles. The molecule has 0 unspecified atom stereocenters. The van der Waals surface area contributed by atoms with Crippen LogP contribution in [0.2, 0.25) is 4.47 Å². The zero-order chi connectivity index (χ0) is 16.2. The number of methoxy groups -OCH3 is 1. The molecule has 120 valence electrons. The van der Waals surface area contributed by atoms with Gasteiger partial charge in [-0.1, -0.05) is 44.5 Å². The summed E-state index contributed by atoms with van der Waals surface area (Å²) in [6.45, 7) is 7.76. The minimum absolute atomic E-state index is 0.192. The van der Waals surface area contributed by atoms with Crippen LogP contribution in [0.4, 0.5) is 0 Å². The van der Waals surface area contributed by atoms with Crippen molar-refractivity contribution in [3.8, 4) is 17.0 Å². The van der Waals surface area contributed by atoms with E-state index in [1.807, 2.05) is 24.3 Å². The van der Waals surface area contributed by atoms with Crippen LogP contribution in [0.15, 0.2) is 24.3 Å². The highest BCUT2D eigenvalue weighted by molar-refractivity contribution is 7.16. The van der Waals surface area contributed by atoms with Crippen molar-refractivity contribution < 1.29 is 9.47 Å². The number of thiazole rings is 1. The molecule has 22 heavy (non-hydrogen) atoms. The fourth-order valence-electron chi connectivity index (χ4n) is 2.13. The number of hydrogen-bond donors (Lipinski definition) is 0. The molecule has 0 fully saturated rings. The Kier molecular flexibility index (Phi) is 5.84. The van der Waals surface area contributed by atoms with Crippen molar-refractivity contribution in [1.82, 2.24) is 4.98 Å². The summed E-state index contributed by atoms with van der Waals surface area (Å²) < 4.78 is 11.3. The van der Waals surface area contributed by atoms with Gasteiger partial charge in [-0.15, -0.1) is 11.3 Å². The molecule has 2 rings (SSSR count). The van der Waals surface area contributed by atoms with Crippen LogP contribution >= 0.6 is 22.9 Å². The van der Waals surface area contributed by atoms with E-state index in [2.05, 4.69) is 25.8 Å². The molecule has 0 aliphatic heterocycles. The number of benzene rings is 1. The van der Waals surface area contributed by atoms with Crippen LogP contribution in [0, 0.1) is 5.41 Å². The monoisotopic (exact) mass is 339 g/mol. The van der Waals surface area contributed by atoms with E-state index in [1.54, 1.807) is 18.4 Å². The summed E-state index contributed by atoms with van der Waals surface area (Å²) >= 11 is 7.70. The van der Waals surface area contributed by atoms with Gasteiger partial charge >= 0.3 is 0 Å². The van der Waals surface area contributed by atoms with E-state index in [1.165, 1.54) is 4.88 Å². The standard InChI is InChI=1S/C17H22ClNO2S/c1-17(2,3)11-14-15(19-16(18)22-14)12-6-5-7-13(10-12)21-9-8-20-4/h5-7,10H,8-9,11H2,1-4H3. The second-order valence-corrected chi connectivity index (χ2v) is 8.01. The molecule has 0 N–H and O–H groups in total. The van der Waals surface area contributed by atoms with Gasteiger partial charge in [0.2, 0.25) is 0 Å². The molecule has 0 saturated heterocycles. The van der Waals surface area contributed by atoms with Crippen molar-refractivity contribution >= 4 is 22.9 Å². The van der Waals surface area contributed by atoms with E-state index in [0.29, 0.717) is 17.7 Å². The van der Waals surface area contributed by atoms with Gasteiger partial charge in [-0.25, -0.2) is 4.98 Å². The normalized spacial score (nSPS) is 11.7. The lowest BCUT2D eigenvalue weighted by molar-refractivity contribution is 0.146. The molecule has 0 aliphatic rings. The lowest BCUT2D eigenvalue weighted by Gasteiger charge is -2.17. The minimum atomic E-state index is 0.192. The summed E-state index contributed by atoms with van der Waals surface area (Å²) in [7, 11) is 1.66. The Morgan fingerprint density at radius 1 is 1.23 bits per heavy atom. The van der Waals surface area contributed by atoms with Gasteiger partial charge in [0.05, 0.1) is 12.3 Å². The molecule has 3 nitrogen and oxygen atoms in total. The molecule has 2 aromatic rings. The second kappa shape index (κ2) is 7.44. The van der Waals surface area contributed by atoms with Crippen LogP contribution in [0.3, 0.4) is 0 Å². The van der Waals surface area contributed by atoms with Crippen molar-refractivity contribution in [3.63, 3.8) is 0 Å². The maximum Gasteiger partial charge on any atom is 0.184 e. The van der Waals surface area contributed by atoms with Crippen molar-refractivity contribution in [2.45, 2.75) is 27.2 Å². The Balaban J connectivity index is 2.26. The highest BCUT2D eigenvalue weighted by Crippen LogP contribution is 2.36. The molecule has 5 heteroatoms. The van der Waals surface area contributed by atoms with E-state index in [0.717, 1.165) is 23.4 Å². The fraction of sp³-hybridized carbons (Fsp3) is 0.471. The average Bonchev–Trinajstić information content (AvgIpc) is 2.78. The van der Waals surface area contributed by atoms with Gasteiger partial charge in [0.1, 0.15) is 12.4 Å². The van der Waals surface area contributed by atoms with Crippen molar-refractivity contribution in [2.75, 3.05) is 20.3 Å². The van der Waals surface area contributed by atoms with Crippen LogP contribution in [0.5, 0.6) is 5.75 Å². The molecule has 1 aromatic heterocycles. The summed E-state index contributed by atoms with van der Waals surface area (Å²) in [4.78, 5) is 5.72. The third-order valence-corrected chi connectivity index (χ3v) is 4.19. The van der Waals surface area contributed by atoms with E-state index >= 15 is 0 Å². The molecule has 1 aromatic carbocycles. The maximum atomic E-state index is 6.15. The first kappa shape index (κ1) is 17.3. The molecule has 0 radical (unpaired) electrons. The number of ether oxygens (including phenoxy) is 2. The van der Waals surface area contributed by atoms with Gasteiger partial charge in [-0.05, 0) is 24.0 Å². The number of nitrogens with zero attached hydrogens (tertiary/aromatic N) is 1. The average molecular weight is 340 g/mol. The van der Waals surface area contributed by atoms with Crippen molar-refractivity contribution in [1.29, 1.82) is 0 Å². The Bertz CT molecular complexity index is 619. The summed E-state index contributed by atoms with van der Waals surface area (Å²) in [6, 6.07) is 7.97. The zero-order valence-electron chi connectivity index (χ0n) is 13.5. The molecule has 0 spiro atoms. The summed E-state index contributed by atoms with van der Waals surface area (Å²) in [6.07, 6.45) is 0.946. The summed E-state index contributed by atoms with van der Waals surface area (Å²) in [5.41, 5.74) is 2.19. The Hall–Kier alpha value is -1.10. The second-order valence-electron chi connectivity index (χ2n) is 6.35. The smallest absolute Gasteiger partial charge is 0.184 e. The lowest BCUT2D eigenvalue weighted by atomic mass is 9.90. The fourth-order valence-corrected chi connectivity index (χ4v) is 3.60. The van der Waals surface area contributed by atoms with Crippen LogP contribution in [0.1, 0.15) is 25.6 Å². The van der Waals surface area contributed by atoms with Crippen LogP contribution in [0.25, 0.3) is 11.3 Å². The molecule has 1 heterocycles.